The third-order valence-electron chi connectivity index (χ3n) is 2.64. The lowest BCUT2D eigenvalue weighted by Crippen LogP contribution is -2.07. The molecular weight excluding hydrogens is 272 g/mol. The number of nitrogens with zero attached hydrogens (tertiary/aromatic N) is 2. The standard InChI is InChI=1S/C15H16N2O2S/c1-17(2)10-16-13-12(11-7-5-4-6-8-11)9-20-14(13)15(18)19-3/h4-10H,1-3H3. The first-order valence-corrected chi connectivity index (χ1v) is 6.97. The molecule has 0 spiro atoms. The van der Waals surface area contributed by atoms with Gasteiger partial charge in [-0.05, 0) is 5.56 Å². The Bertz CT molecular complexity index is 618. The molecule has 0 aliphatic carbocycles. The number of thiophene rings is 1. The third-order valence-corrected chi connectivity index (χ3v) is 3.59. The highest BCUT2D eigenvalue weighted by Gasteiger charge is 2.18. The van der Waals surface area contributed by atoms with Gasteiger partial charge in [0.2, 0.25) is 0 Å². The topological polar surface area (TPSA) is 41.9 Å². The summed E-state index contributed by atoms with van der Waals surface area (Å²) in [5.74, 6) is -0.358. The fraction of sp³-hybridized carbons (Fsp3) is 0.200. The second-order valence-electron chi connectivity index (χ2n) is 4.39. The van der Waals surface area contributed by atoms with Gasteiger partial charge in [0.15, 0.2) is 0 Å². The molecule has 0 unspecified atom stereocenters. The number of aliphatic imine (C=N–C) groups is 1. The van der Waals surface area contributed by atoms with Crippen LogP contribution in [0.1, 0.15) is 9.67 Å². The van der Waals surface area contributed by atoms with Crippen LogP contribution in [0.2, 0.25) is 0 Å². The smallest absolute Gasteiger partial charge is 0.350 e. The van der Waals surface area contributed by atoms with Crippen molar-refractivity contribution >= 4 is 29.3 Å². The molecule has 0 saturated carbocycles. The summed E-state index contributed by atoms with van der Waals surface area (Å²) in [6.07, 6.45) is 1.68. The van der Waals surface area contributed by atoms with E-state index in [9.17, 15) is 4.79 Å². The first-order chi connectivity index (χ1) is 9.63. The van der Waals surface area contributed by atoms with Gasteiger partial charge in [-0.1, -0.05) is 30.3 Å². The van der Waals surface area contributed by atoms with E-state index in [0.717, 1.165) is 11.1 Å². The van der Waals surface area contributed by atoms with E-state index in [1.165, 1.54) is 18.4 Å². The Morgan fingerprint density at radius 1 is 1.30 bits per heavy atom. The Hall–Kier alpha value is -2.14. The number of ether oxygens (including phenoxy) is 1. The van der Waals surface area contributed by atoms with E-state index < -0.39 is 0 Å². The van der Waals surface area contributed by atoms with Gasteiger partial charge in [-0.25, -0.2) is 9.79 Å². The van der Waals surface area contributed by atoms with Crippen molar-refractivity contribution in [2.45, 2.75) is 0 Å². The molecule has 104 valence electrons. The molecule has 0 atom stereocenters. The molecule has 1 aromatic heterocycles. The van der Waals surface area contributed by atoms with E-state index in [0.29, 0.717) is 10.6 Å². The predicted octanol–water partition coefficient (Wildman–Crippen LogP) is 3.42. The summed E-state index contributed by atoms with van der Waals surface area (Å²) >= 11 is 1.35. The molecule has 0 saturated heterocycles. The highest BCUT2D eigenvalue weighted by molar-refractivity contribution is 7.13. The molecule has 20 heavy (non-hydrogen) atoms. The van der Waals surface area contributed by atoms with Crippen molar-refractivity contribution in [3.63, 3.8) is 0 Å². The normalized spacial score (nSPS) is 10.8. The highest BCUT2D eigenvalue weighted by atomic mass is 32.1. The number of rotatable bonds is 4. The van der Waals surface area contributed by atoms with Crippen molar-refractivity contribution in [3.8, 4) is 11.1 Å². The van der Waals surface area contributed by atoms with Gasteiger partial charge >= 0.3 is 5.97 Å². The van der Waals surface area contributed by atoms with Gasteiger partial charge in [0.1, 0.15) is 4.88 Å². The number of hydrogen-bond acceptors (Lipinski definition) is 4. The Kier molecular flexibility index (Phi) is 4.53. The van der Waals surface area contributed by atoms with Crippen LogP contribution in [0.4, 0.5) is 5.69 Å². The molecule has 0 N–H and O–H groups in total. The van der Waals surface area contributed by atoms with Crippen molar-refractivity contribution in [1.29, 1.82) is 0 Å². The zero-order chi connectivity index (χ0) is 14.5. The molecule has 0 bridgehead atoms. The van der Waals surface area contributed by atoms with Crippen molar-refractivity contribution < 1.29 is 9.53 Å². The van der Waals surface area contributed by atoms with E-state index in [2.05, 4.69) is 4.99 Å². The molecule has 1 aromatic carbocycles. The van der Waals surface area contributed by atoms with E-state index in [-0.39, 0.29) is 5.97 Å². The van der Waals surface area contributed by atoms with Gasteiger partial charge in [0.25, 0.3) is 0 Å². The maximum absolute atomic E-state index is 11.8. The van der Waals surface area contributed by atoms with Crippen molar-refractivity contribution in [1.82, 2.24) is 4.90 Å². The van der Waals surface area contributed by atoms with E-state index in [4.69, 9.17) is 4.74 Å². The fourth-order valence-corrected chi connectivity index (χ4v) is 2.65. The highest BCUT2D eigenvalue weighted by Crippen LogP contribution is 2.38. The minimum absolute atomic E-state index is 0.358. The summed E-state index contributed by atoms with van der Waals surface area (Å²) in [7, 11) is 5.15. The first-order valence-electron chi connectivity index (χ1n) is 6.09. The molecule has 0 aliphatic heterocycles. The van der Waals surface area contributed by atoms with Crippen LogP contribution in [0.5, 0.6) is 0 Å². The van der Waals surface area contributed by atoms with E-state index >= 15 is 0 Å². The molecule has 0 aliphatic rings. The molecule has 1 heterocycles. The lowest BCUT2D eigenvalue weighted by atomic mass is 10.1. The molecule has 4 nitrogen and oxygen atoms in total. The first kappa shape index (κ1) is 14.3. The van der Waals surface area contributed by atoms with Crippen LogP contribution in [0, 0.1) is 0 Å². The van der Waals surface area contributed by atoms with E-state index in [1.54, 1.807) is 6.34 Å². The number of benzene rings is 1. The van der Waals surface area contributed by atoms with Gasteiger partial charge in [0.05, 0.1) is 19.1 Å². The number of hydrogen-bond donors (Lipinski definition) is 0. The Morgan fingerprint density at radius 3 is 2.60 bits per heavy atom. The van der Waals surface area contributed by atoms with Gasteiger partial charge in [-0.3, -0.25) is 0 Å². The number of esters is 1. The largest absolute Gasteiger partial charge is 0.465 e. The van der Waals surface area contributed by atoms with Crippen LogP contribution in [0.15, 0.2) is 40.7 Å². The van der Waals surface area contributed by atoms with Crippen LogP contribution in [0.25, 0.3) is 11.1 Å². The zero-order valence-corrected chi connectivity index (χ0v) is 12.5. The Morgan fingerprint density at radius 2 is 2.00 bits per heavy atom. The summed E-state index contributed by atoms with van der Waals surface area (Å²) in [4.78, 5) is 18.6. The van der Waals surface area contributed by atoms with Gasteiger partial charge in [-0.15, -0.1) is 11.3 Å². The van der Waals surface area contributed by atoms with E-state index in [1.807, 2.05) is 54.7 Å². The average molecular weight is 288 g/mol. The van der Waals surface area contributed by atoms with Crippen LogP contribution >= 0.6 is 11.3 Å². The minimum atomic E-state index is -0.358. The van der Waals surface area contributed by atoms with Crippen LogP contribution in [-0.2, 0) is 4.74 Å². The summed E-state index contributed by atoms with van der Waals surface area (Å²) in [5, 5.41) is 1.93. The lowest BCUT2D eigenvalue weighted by Gasteiger charge is -2.05. The van der Waals surface area contributed by atoms with Gasteiger partial charge < -0.3 is 9.64 Å². The lowest BCUT2D eigenvalue weighted by molar-refractivity contribution is 0.0607. The maximum atomic E-state index is 11.8. The van der Waals surface area contributed by atoms with Crippen molar-refractivity contribution in [3.05, 3.63) is 40.6 Å². The minimum Gasteiger partial charge on any atom is -0.465 e. The van der Waals surface area contributed by atoms with Crippen LogP contribution in [0.3, 0.4) is 0 Å². The number of methoxy groups -OCH3 is 1. The van der Waals surface area contributed by atoms with Crippen LogP contribution in [-0.4, -0.2) is 38.4 Å². The molecule has 2 aromatic rings. The summed E-state index contributed by atoms with van der Waals surface area (Å²) in [6.45, 7) is 0. The molecule has 0 radical (unpaired) electrons. The monoisotopic (exact) mass is 288 g/mol. The van der Waals surface area contributed by atoms with Crippen LogP contribution < -0.4 is 0 Å². The number of carbonyl (C=O) groups is 1. The summed E-state index contributed by atoms with van der Waals surface area (Å²) in [5.41, 5.74) is 2.63. The summed E-state index contributed by atoms with van der Waals surface area (Å²) < 4.78 is 4.82. The fourth-order valence-electron chi connectivity index (χ4n) is 1.71. The molecule has 0 amide bonds. The quantitative estimate of drug-likeness (QED) is 0.492. The Balaban J connectivity index is 2.52. The predicted molar refractivity (Wildman–Crippen MR) is 82.9 cm³/mol. The number of carbonyl (C=O) groups excluding carboxylic acids is 1. The Labute approximate surface area is 122 Å². The zero-order valence-electron chi connectivity index (χ0n) is 11.7. The van der Waals surface area contributed by atoms with Crippen molar-refractivity contribution in [2.75, 3.05) is 21.2 Å². The second-order valence-corrected chi connectivity index (χ2v) is 5.27. The average Bonchev–Trinajstić information content (AvgIpc) is 2.89. The SMILES string of the molecule is COC(=O)c1scc(-c2ccccc2)c1N=CN(C)C. The van der Waals surface area contributed by atoms with Gasteiger partial charge in [-0.2, -0.15) is 0 Å². The maximum Gasteiger partial charge on any atom is 0.350 e. The van der Waals surface area contributed by atoms with Crippen molar-refractivity contribution in [2.24, 2.45) is 4.99 Å². The summed E-state index contributed by atoms with van der Waals surface area (Å²) in [6, 6.07) is 9.88. The van der Waals surface area contributed by atoms with Gasteiger partial charge in [0, 0.05) is 25.0 Å². The third kappa shape index (κ3) is 3.05. The molecular formula is C15H16N2O2S. The second kappa shape index (κ2) is 6.34. The molecule has 0 fully saturated rings. The molecule has 5 heteroatoms. The molecule has 2 rings (SSSR count).